The molecule has 3 N–H and O–H groups in total. The zero-order valence-electron chi connectivity index (χ0n) is 77.4. The second-order valence-electron chi connectivity index (χ2n) is 34.6. The molecule has 141 heavy (non-hydrogen) atoms. The van der Waals surface area contributed by atoms with Crippen LogP contribution in [0.15, 0.2) is 275 Å². The Morgan fingerprint density at radius 1 is 0.397 bits per heavy atom. The third kappa shape index (κ3) is 23.8. The number of aryl methyl sites for hydroxylation is 2. The fourth-order valence-corrected chi connectivity index (χ4v) is 15.5. The number of aromatic nitrogens is 6. The summed E-state index contributed by atoms with van der Waals surface area (Å²) in [6.45, 7) is 24.5. The fraction of sp³-hybridized carbons (Fsp3) is 0.236. The van der Waals surface area contributed by atoms with Gasteiger partial charge in [-0.2, -0.15) is 39.5 Å². The van der Waals surface area contributed by atoms with Gasteiger partial charge in [-0.3, -0.25) is 24.4 Å². The number of aliphatic hydroxyl groups excluding tert-OH is 3. The van der Waals surface area contributed by atoms with Crippen molar-refractivity contribution < 1.29 is 110 Å². The minimum absolute atomic E-state index is 0.00649. The zero-order chi connectivity index (χ0) is 102. The lowest BCUT2D eigenvalue weighted by atomic mass is 9.82. The van der Waals surface area contributed by atoms with Crippen LogP contribution in [-0.2, 0) is 80.5 Å². The monoisotopic (exact) mass is 1980 g/mol. The van der Waals surface area contributed by atoms with Crippen LogP contribution in [0.5, 0.6) is 11.8 Å². The normalized spacial score (nSPS) is 12.0. The van der Waals surface area contributed by atoms with Crippen molar-refractivity contribution in [3.05, 3.63) is 379 Å². The van der Waals surface area contributed by atoms with Gasteiger partial charge in [0.15, 0.2) is 0 Å². The van der Waals surface area contributed by atoms with Gasteiger partial charge in [-0.05, 0) is 212 Å². The molecular formula is C106H92Cl2F13N9O11. The first-order valence-corrected chi connectivity index (χ1v) is 44.2. The number of alkyl halides is 13. The Hall–Kier alpha value is -14.9. The molecule has 0 aliphatic rings. The molecule has 35 heteroatoms. The number of allylic oxidation sites excluding steroid dienone is 3. The highest BCUT2D eigenvalue weighted by atomic mass is 35.5. The molecule has 0 bridgehead atoms. The number of methoxy groups -OCH3 is 2. The summed E-state index contributed by atoms with van der Waals surface area (Å²) in [5.41, 5.74) is 7.78. The third-order valence-electron chi connectivity index (χ3n) is 24.0. The first-order valence-electron chi connectivity index (χ1n) is 43.5. The number of nitrogens with zero attached hydrogens (tertiary/aromatic N) is 9. The molecule has 9 aromatic heterocycles. The van der Waals surface area contributed by atoms with E-state index in [1.165, 1.54) is 54.4 Å². The molecule has 6 aromatic carbocycles. The summed E-state index contributed by atoms with van der Waals surface area (Å²) < 4.78 is 201. The van der Waals surface area contributed by atoms with E-state index in [4.69, 9.17) is 45.9 Å². The summed E-state index contributed by atoms with van der Waals surface area (Å²) in [5.74, 6) is -5.87. The molecule has 0 saturated heterocycles. The minimum Gasteiger partial charge on any atom is -0.512 e. The van der Waals surface area contributed by atoms with Gasteiger partial charge in [-0.1, -0.05) is 171 Å². The van der Waals surface area contributed by atoms with Crippen molar-refractivity contribution in [3.8, 4) is 45.1 Å². The molecule has 0 radical (unpaired) electrons. The molecule has 15 rings (SSSR count). The van der Waals surface area contributed by atoms with Crippen molar-refractivity contribution in [2.75, 3.05) is 14.2 Å². The Morgan fingerprint density at radius 2 is 0.745 bits per heavy atom. The maximum absolute atomic E-state index is 14.3. The number of halogens is 15. The molecule has 732 valence electrons. The molecule has 9 heterocycles. The molecule has 0 spiro atoms. The van der Waals surface area contributed by atoms with Crippen molar-refractivity contribution >= 4 is 74.0 Å². The predicted molar refractivity (Wildman–Crippen MR) is 508 cm³/mol. The number of ether oxygens (including phenoxy) is 2. The Labute approximate surface area is 810 Å². The molecule has 3 amide bonds. The summed E-state index contributed by atoms with van der Waals surface area (Å²) in [6.07, 6.45) is -18.1. The van der Waals surface area contributed by atoms with Crippen LogP contribution in [0.1, 0.15) is 183 Å². The largest absolute Gasteiger partial charge is 0.512 e. The van der Waals surface area contributed by atoms with E-state index >= 15 is 0 Å². The van der Waals surface area contributed by atoms with Gasteiger partial charge in [0.1, 0.15) is 45.2 Å². The van der Waals surface area contributed by atoms with Crippen LogP contribution in [-0.4, -0.2) is 91.9 Å². The number of carbonyl (C=O) groups is 3. The smallest absolute Gasteiger partial charge is 0.449 e. The van der Waals surface area contributed by atoms with Gasteiger partial charge in [0.2, 0.25) is 29.0 Å². The summed E-state index contributed by atoms with van der Waals surface area (Å²) in [6, 6.07) is 56.9. The lowest BCUT2D eigenvalue weighted by Gasteiger charge is -2.25. The highest BCUT2D eigenvalue weighted by Crippen LogP contribution is 2.42. The van der Waals surface area contributed by atoms with Crippen LogP contribution < -0.4 is 9.47 Å². The van der Waals surface area contributed by atoms with Gasteiger partial charge in [0.25, 0.3) is 30.6 Å². The van der Waals surface area contributed by atoms with Gasteiger partial charge >= 0.3 is 18.5 Å². The second-order valence-corrected chi connectivity index (χ2v) is 35.4. The first-order chi connectivity index (χ1) is 66.4. The number of hydrogen-bond donors (Lipinski definition) is 3. The van der Waals surface area contributed by atoms with Crippen molar-refractivity contribution in [1.29, 1.82) is 0 Å². The van der Waals surface area contributed by atoms with Crippen LogP contribution in [0.3, 0.4) is 0 Å². The SMILES string of the molecule is C=C(O)C(C)(C)c1cccc(-c2ccc(CN(Cc3ccc(C(F)(F)F)o3)C(=O)c3cc(C(F)F)nc4ccc(OC)nc34)c(Cl)c2)c1.C=C(O)C(C)(C)c1cccc(-c2ccc(CN(Cc3ccc(C(F)(F)F)o3)C(=O)c3cc(C(F)F)nc4ccc(OC)nc34)cc2)c1.C=C(O)C(C)(C)c1cccc(-c2ccc(CN(Cc3ccc(C(F)(F)F)o3)C(=O)c3cc(CC)nc4c(C)ccnc34)c(Cl)c2)c1. The van der Waals surface area contributed by atoms with Crippen LogP contribution in [0, 0.1) is 6.92 Å². The number of hydrogen-bond acceptors (Lipinski definition) is 17. The topological polar surface area (TPSA) is 257 Å². The molecule has 0 atom stereocenters. The number of furan rings is 3. The third-order valence-corrected chi connectivity index (χ3v) is 24.7. The van der Waals surface area contributed by atoms with E-state index in [1.807, 2.05) is 146 Å². The zero-order valence-corrected chi connectivity index (χ0v) is 78.9. The van der Waals surface area contributed by atoms with E-state index in [1.54, 1.807) is 60.8 Å². The average molecular weight is 1990 g/mol. The number of benzene rings is 6. The van der Waals surface area contributed by atoms with E-state index < -0.39 is 107 Å². The van der Waals surface area contributed by atoms with Crippen LogP contribution in [0.2, 0.25) is 10.0 Å². The summed E-state index contributed by atoms with van der Waals surface area (Å²) >= 11 is 13.5. The molecule has 0 saturated carbocycles. The van der Waals surface area contributed by atoms with Crippen LogP contribution in [0.25, 0.3) is 66.5 Å². The fourth-order valence-electron chi connectivity index (χ4n) is 15.1. The Balaban J connectivity index is 0.000000178. The van der Waals surface area contributed by atoms with Crippen molar-refractivity contribution in [3.63, 3.8) is 0 Å². The van der Waals surface area contributed by atoms with Gasteiger partial charge < -0.3 is 52.7 Å². The van der Waals surface area contributed by atoms with E-state index in [2.05, 4.69) is 49.6 Å². The Kier molecular flexibility index (Phi) is 30.9. The Bertz CT molecular complexity index is 7240. The van der Waals surface area contributed by atoms with E-state index in [9.17, 15) is 86.8 Å². The number of carbonyl (C=O) groups excluding carboxylic acids is 3. The summed E-state index contributed by atoms with van der Waals surface area (Å²) in [5, 5.41) is 30.9. The highest BCUT2D eigenvalue weighted by molar-refractivity contribution is 6.32. The molecule has 15 aromatic rings. The van der Waals surface area contributed by atoms with E-state index in [0.717, 1.165) is 97.4 Å². The Morgan fingerprint density at radius 3 is 1.08 bits per heavy atom. The summed E-state index contributed by atoms with van der Waals surface area (Å²) in [7, 11) is 2.69. The number of fused-ring (bicyclic) bond motifs is 3. The van der Waals surface area contributed by atoms with Gasteiger partial charge in [0.05, 0.1) is 84.4 Å². The highest BCUT2D eigenvalue weighted by Gasteiger charge is 2.40. The van der Waals surface area contributed by atoms with Crippen molar-refractivity contribution in [1.82, 2.24) is 44.6 Å². The molecule has 0 aliphatic carbocycles. The lowest BCUT2D eigenvalue weighted by Crippen LogP contribution is -2.30. The molecule has 20 nitrogen and oxygen atoms in total. The van der Waals surface area contributed by atoms with Crippen molar-refractivity contribution in [2.45, 2.75) is 149 Å². The van der Waals surface area contributed by atoms with Gasteiger partial charge in [0, 0.05) is 69.9 Å². The van der Waals surface area contributed by atoms with Crippen LogP contribution in [0.4, 0.5) is 57.1 Å². The maximum Gasteiger partial charge on any atom is 0.449 e. The molecule has 0 fully saturated rings. The van der Waals surface area contributed by atoms with Crippen molar-refractivity contribution in [2.24, 2.45) is 0 Å². The van der Waals surface area contributed by atoms with Crippen LogP contribution >= 0.6 is 23.2 Å². The minimum atomic E-state index is -4.77. The van der Waals surface area contributed by atoms with E-state index in [0.29, 0.717) is 50.4 Å². The predicted octanol–water partition coefficient (Wildman–Crippen LogP) is 28.4. The quantitative estimate of drug-likeness (QED) is 0.0291. The second kappa shape index (κ2) is 42.1. The maximum atomic E-state index is 14.3. The lowest BCUT2D eigenvalue weighted by molar-refractivity contribution is -0.154. The van der Waals surface area contributed by atoms with Gasteiger partial charge in [-0.15, -0.1) is 0 Å². The standard InChI is InChI=1S/C36H33ClF3N3O3.C35H29ClF5N3O4.C35H30F5N3O4/c1-6-27-18-29(33-32(42-27)21(2)14-15-41-33)34(45)43(20-28-12-13-31(46-28)36(38,39)40)19-25-11-10-24(17-30(25)37)23-8-7-9-26(16-23)35(4,5)22(3)44;1-19(45)34(2,3)23-7-5-6-20(14-23)21-8-9-22(26(36)15-21)17-44(18-24-10-12-29(48-24)35(39,40)41)33(46)25-16-28(32(37)38)42-27-11-13-30(47-4)43-31(25)27;1-20(44)34(2,3)24-7-5-6-23(16-24)22-10-8-21(9-11-22)18-43(19-25-12-14-29(47-25)35(38,39)40)33(45)26-17-28(32(36)37)41-27-13-15-30(46-4)42-31(26)27/h7-18,44H,3,6,19-20H2,1-2,4-5H3;5-16,32,45H,1,17-18H2,2-4H3;5-17,32,44H,1,18-19H2,2-4H3. The molecule has 0 aliphatic heterocycles. The first kappa shape index (κ1) is 104. The number of aliphatic hydroxyl groups is 3. The van der Waals surface area contributed by atoms with Gasteiger partial charge in [-0.25, -0.2) is 37.5 Å². The number of pyridine rings is 6. The van der Waals surface area contributed by atoms with E-state index in [-0.39, 0.29) is 116 Å². The molecule has 0 unspecified atom stereocenters. The number of amides is 3. The summed E-state index contributed by atoms with van der Waals surface area (Å²) in [4.78, 5) is 71.7. The molecular weight excluding hydrogens is 1890 g/mol. The number of rotatable bonds is 29. The average Bonchev–Trinajstić information content (AvgIpc) is 1.78.